The monoisotopic (exact) mass is 529 g/mol. The lowest BCUT2D eigenvalue weighted by Gasteiger charge is -2.12. The summed E-state index contributed by atoms with van der Waals surface area (Å²) in [4.78, 5) is 24.5. The fourth-order valence-electron chi connectivity index (χ4n) is 3.34. The van der Waals surface area contributed by atoms with E-state index in [1.807, 2.05) is 0 Å². The Bertz CT molecular complexity index is 1420. The molecule has 182 valence electrons. The normalized spacial score (nSPS) is 11.5. The van der Waals surface area contributed by atoms with Crippen LogP contribution in [0.5, 0.6) is 0 Å². The standard InChI is InChI=1S/C21H12ClF4N3O5S/c1-32-19(30)14-15(13-10(22)4-3-5-11(13)23)28-34-16(14)9-8-27-29(18(9)21(24,25)26)12-6-7-35-17(12)20(31)33-2/h3-8H,1-2H3. The minimum absolute atomic E-state index is 0.141. The van der Waals surface area contributed by atoms with Gasteiger partial charge in [0.2, 0.25) is 0 Å². The van der Waals surface area contributed by atoms with Gasteiger partial charge in [-0.25, -0.2) is 18.7 Å². The average Bonchev–Trinajstić information content (AvgIpc) is 3.54. The number of halogens is 5. The molecule has 0 unspecified atom stereocenters. The van der Waals surface area contributed by atoms with Crippen molar-refractivity contribution in [3.8, 4) is 28.3 Å². The minimum Gasteiger partial charge on any atom is -0.465 e. The molecule has 4 rings (SSSR count). The summed E-state index contributed by atoms with van der Waals surface area (Å²) in [6.45, 7) is 0. The average molecular weight is 530 g/mol. The van der Waals surface area contributed by atoms with Crippen LogP contribution in [0, 0.1) is 5.82 Å². The lowest BCUT2D eigenvalue weighted by atomic mass is 10.0. The zero-order chi connectivity index (χ0) is 25.5. The molecule has 14 heteroatoms. The fraction of sp³-hybridized carbons (Fsp3) is 0.143. The first-order valence-electron chi connectivity index (χ1n) is 9.44. The summed E-state index contributed by atoms with van der Waals surface area (Å²) in [6, 6.07) is 4.88. The molecule has 0 atom stereocenters. The molecular weight excluding hydrogens is 518 g/mol. The molecule has 35 heavy (non-hydrogen) atoms. The zero-order valence-corrected chi connectivity index (χ0v) is 19.2. The van der Waals surface area contributed by atoms with Gasteiger partial charge in [0.1, 0.15) is 22.0 Å². The van der Waals surface area contributed by atoms with Gasteiger partial charge >= 0.3 is 18.1 Å². The molecule has 0 saturated carbocycles. The molecule has 3 aromatic heterocycles. The van der Waals surface area contributed by atoms with Crippen LogP contribution < -0.4 is 0 Å². The van der Waals surface area contributed by atoms with Crippen molar-refractivity contribution < 1.29 is 41.1 Å². The molecule has 0 N–H and O–H groups in total. The number of ether oxygens (including phenoxy) is 2. The van der Waals surface area contributed by atoms with Crippen molar-refractivity contribution in [2.45, 2.75) is 6.18 Å². The van der Waals surface area contributed by atoms with Crippen LogP contribution in [0.1, 0.15) is 25.7 Å². The molecule has 0 fully saturated rings. The van der Waals surface area contributed by atoms with E-state index in [9.17, 15) is 27.2 Å². The molecule has 0 bridgehead atoms. The number of rotatable bonds is 5. The predicted octanol–water partition coefficient (Wildman–Crippen LogP) is 5.64. The molecule has 0 aliphatic carbocycles. The molecule has 8 nitrogen and oxygen atoms in total. The van der Waals surface area contributed by atoms with Crippen molar-refractivity contribution >= 4 is 34.9 Å². The Morgan fingerprint density at radius 3 is 2.49 bits per heavy atom. The Balaban J connectivity index is 2.01. The Morgan fingerprint density at radius 2 is 1.86 bits per heavy atom. The number of carbonyl (C=O) groups is 2. The Kier molecular flexibility index (Phi) is 6.38. The summed E-state index contributed by atoms with van der Waals surface area (Å²) in [5.41, 5.74) is -3.71. The van der Waals surface area contributed by atoms with Gasteiger partial charge in [-0.2, -0.15) is 18.3 Å². The van der Waals surface area contributed by atoms with Gasteiger partial charge < -0.3 is 14.0 Å². The number of hydrogen-bond donors (Lipinski definition) is 0. The first-order valence-corrected chi connectivity index (χ1v) is 10.7. The SMILES string of the molecule is COC(=O)c1sccc1-n1ncc(-c2onc(-c3c(F)cccc3Cl)c2C(=O)OC)c1C(F)(F)F. The maximum atomic E-state index is 14.6. The van der Waals surface area contributed by atoms with Crippen molar-refractivity contribution in [1.82, 2.24) is 14.9 Å². The molecule has 0 saturated heterocycles. The van der Waals surface area contributed by atoms with Gasteiger partial charge in [0.25, 0.3) is 0 Å². The first kappa shape index (κ1) is 24.4. The topological polar surface area (TPSA) is 96.5 Å². The molecule has 0 aliphatic rings. The largest absolute Gasteiger partial charge is 0.465 e. The van der Waals surface area contributed by atoms with E-state index >= 15 is 0 Å². The molecule has 0 aliphatic heterocycles. The maximum absolute atomic E-state index is 14.6. The Labute approximate surface area is 202 Å². The summed E-state index contributed by atoms with van der Waals surface area (Å²) >= 11 is 6.91. The highest BCUT2D eigenvalue weighted by molar-refractivity contribution is 7.12. The van der Waals surface area contributed by atoms with Gasteiger partial charge in [0, 0.05) is 0 Å². The van der Waals surface area contributed by atoms with Gasteiger partial charge in [-0.05, 0) is 23.6 Å². The van der Waals surface area contributed by atoms with E-state index < -0.39 is 52.2 Å². The van der Waals surface area contributed by atoms with Crippen LogP contribution in [0.15, 0.2) is 40.4 Å². The van der Waals surface area contributed by atoms with Crippen LogP contribution in [-0.4, -0.2) is 41.1 Å². The number of aromatic nitrogens is 3. The van der Waals surface area contributed by atoms with Crippen LogP contribution in [0.25, 0.3) is 28.3 Å². The number of hydrogen-bond acceptors (Lipinski definition) is 8. The molecule has 0 spiro atoms. The zero-order valence-electron chi connectivity index (χ0n) is 17.6. The van der Waals surface area contributed by atoms with E-state index in [0.717, 1.165) is 37.8 Å². The smallest absolute Gasteiger partial charge is 0.434 e. The third kappa shape index (κ3) is 4.17. The lowest BCUT2D eigenvalue weighted by Crippen LogP contribution is -2.16. The highest BCUT2D eigenvalue weighted by atomic mass is 35.5. The summed E-state index contributed by atoms with van der Waals surface area (Å²) in [5, 5.41) is 8.63. The van der Waals surface area contributed by atoms with E-state index in [-0.39, 0.29) is 21.2 Å². The van der Waals surface area contributed by atoms with Gasteiger partial charge in [-0.1, -0.05) is 22.8 Å². The molecule has 3 heterocycles. The number of alkyl halides is 3. The first-order chi connectivity index (χ1) is 16.6. The number of carbonyl (C=O) groups excluding carboxylic acids is 2. The second-order valence-corrected chi connectivity index (χ2v) is 8.09. The quantitative estimate of drug-likeness (QED) is 0.244. The van der Waals surface area contributed by atoms with E-state index in [2.05, 4.69) is 15.0 Å². The second kappa shape index (κ2) is 9.15. The van der Waals surface area contributed by atoms with Crippen molar-refractivity contribution in [1.29, 1.82) is 0 Å². The second-order valence-electron chi connectivity index (χ2n) is 6.77. The third-order valence-corrected chi connectivity index (χ3v) is 6.01. The van der Waals surface area contributed by atoms with Gasteiger partial charge in [-0.3, -0.25) is 0 Å². The van der Waals surface area contributed by atoms with Gasteiger partial charge in [0.15, 0.2) is 11.5 Å². The summed E-state index contributed by atoms with van der Waals surface area (Å²) in [6.07, 6.45) is -4.27. The molecule has 1 aromatic carbocycles. The van der Waals surface area contributed by atoms with E-state index in [4.69, 9.17) is 20.9 Å². The molecule has 0 radical (unpaired) electrons. The molecular formula is C21H12ClF4N3O5S. The van der Waals surface area contributed by atoms with Crippen LogP contribution >= 0.6 is 22.9 Å². The van der Waals surface area contributed by atoms with Crippen molar-refractivity contribution in [3.05, 3.63) is 62.8 Å². The highest BCUT2D eigenvalue weighted by Crippen LogP contribution is 2.43. The van der Waals surface area contributed by atoms with Crippen molar-refractivity contribution in [3.63, 3.8) is 0 Å². The van der Waals surface area contributed by atoms with Crippen LogP contribution in [0.4, 0.5) is 17.6 Å². The number of esters is 2. The van der Waals surface area contributed by atoms with Crippen LogP contribution in [0.2, 0.25) is 5.02 Å². The van der Waals surface area contributed by atoms with Gasteiger partial charge in [-0.15, -0.1) is 11.3 Å². The fourth-order valence-corrected chi connectivity index (χ4v) is 4.39. The summed E-state index contributed by atoms with van der Waals surface area (Å²) < 4.78 is 72.3. The highest BCUT2D eigenvalue weighted by Gasteiger charge is 2.43. The van der Waals surface area contributed by atoms with E-state index in [0.29, 0.717) is 4.68 Å². The Hall–Kier alpha value is -3.71. The van der Waals surface area contributed by atoms with Crippen molar-refractivity contribution in [2.24, 2.45) is 0 Å². The van der Waals surface area contributed by atoms with Crippen molar-refractivity contribution in [2.75, 3.05) is 14.2 Å². The number of nitrogens with zero attached hydrogens (tertiary/aromatic N) is 3. The lowest BCUT2D eigenvalue weighted by molar-refractivity contribution is -0.142. The molecule has 4 aromatic rings. The maximum Gasteiger partial charge on any atom is 0.434 e. The van der Waals surface area contributed by atoms with Crippen LogP contribution in [-0.2, 0) is 15.7 Å². The van der Waals surface area contributed by atoms with Crippen LogP contribution in [0.3, 0.4) is 0 Å². The number of benzene rings is 1. The Morgan fingerprint density at radius 1 is 1.14 bits per heavy atom. The minimum atomic E-state index is -5.04. The predicted molar refractivity (Wildman–Crippen MR) is 115 cm³/mol. The van der Waals surface area contributed by atoms with E-state index in [1.165, 1.54) is 23.6 Å². The van der Waals surface area contributed by atoms with E-state index in [1.54, 1.807) is 0 Å². The van der Waals surface area contributed by atoms with Gasteiger partial charge in [0.05, 0.1) is 42.3 Å². The number of thiophene rings is 1. The third-order valence-electron chi connectivity index (χ3n) is 4.81. The summed E-state index contributed by atoms with van der Waals surface area (Å²) in [7, 11) is 2.06. The summed E-state index contributed by atoms with van der Waals surface area (Å²) in [5.74, 6) is -3.59. The number of methoxy groups -OCH3 is 2. The molecule has 0 amide bonds.